The normalized spacial score (nSPS) is 10.5. The summed E-state index contributed by atoms with van der Waals surface area (Å²) in [5.41, 5.74) is 1.15. The van der Waals surface area contributed by atoms with Crippen LogP contribution in [0.1, 0.15) is 5.56 Å². The Morgan fingerprint density at radius 2 is 1.37 bits per heavy atom. The standard InChI is InChI=1S/C13H8I4O2/c14-8-1-7(2-9(15)3-8)6-19-10-4-11(16)13(18)12(17)5-10/h1-5,18H,6H2. The predicted molar refractivity (Wildman–Crippen MR) is 110 cm³/mol. The first-order valence-electron chi connectivity index (χ1n) is 5.21. The molecular weight excluding hydrogens is 696 g/mol. The van der Waals surface area contributed by atoms with Gasteiger partial charge in [0, 0.05) is 7.14 Å². The summed E-state index contributed by atoms with van der Waals surface area (Å²) in [6, 6.07) is 10.0. The fourth-order valence-corrected chi connectivity index (χ4v) is 5.26. The maximum absolute atomic E-state index is 9.72. The molecule has 100 valence electrons. The molecule has 0 bridgehead atoms. The molecule has 0 atom stereocenters. The SMILES string of the molecule is Oc1c(I)cc(OCc2cc(I)cc(I)c2)cc1I. The number of ether oxygens (including phenoxy) is 1. The van der Waals surface area contributed by atoms with Crippen LogP contribution in [0.2, 0.25) is 0 Å². The van der Waals surface area contributed by atoms with Gasteiger partial charge in [-0.3, -0.25) is 0 Å². The van der Waals surface area contributed by atoms with Crippen LogP contribution in [0.3, 0.4) is 0 Å². The van der Waals surface area contributed by atoms with Crippen LogP contribution in [0, 0.1) is 14.3 Å². The summed E-state index contributed by atoms with van der Waals surface area (Å²) in [5.74, 6) is 1.10. The Hall–Kier alpha value is 0.960. The minimum absolute atomic E-state index is 0.317. The molecular formula is C13H8I4O2. The van der Waals surface area contributed by atoms with E-state index >= 15 is 0 Å². The molecule has 0 unspecified atom stereocenters. The summed E-state index contributed by atoms with van der Waals surface area (Å²) in [6.07, 6.45) is 0. The van der Waals surface area contributed by atoms with E-state index in [1.807, 2.05) is 12.1 Å². The van der Waals surface area contributed by atoms with E-state index in [9.17, 15) is 5.11 Å². The number of phenolic OH excluding ortho intramolecular Hbond substituents is 1. The van der Waals surface area contributed by atoms with Gasteiger partial charge in [-0.15, -0.1) is 0 Å². The minimum atomic E-state index is 0.317. The van der Waals surface area contributed by atoms with Crippen LogP contribution in [-0.2, 0) is 6.61 Å². The summed E-state index contributed by atoms with van der Waals surface area (Å²) in [4.78, 5) is 0. The van der Waals surface area contributed by atoms with Crippen LogP contribution in [0.4, 0.5) is 0 Å². The van der Waals surface area contributed by atoms with Gasteiger partial charge in [0.2, 0.25) is 0 Å². The Bertz CT molecular complexity index is 570. The molecule has 0 radical (unpaired) electrons. The molecule has 19 heavy (non-hydrogen) atoms. The van der Waals surface area contributed by atoms with Crippen LogP contribution in [0.25, 0.3) is 0 Å². The zero-order valence-corrected chi connectivity index (χ0v) is 18.1. The molecule has 0 heterocycles. The molecule has 2 aromatic rings. The second kappa shape index (κ2) is 7.29. The second-order valence-electron chi connectivity index (χ2n) is 3.80. The van der Waals surface area contributed by atoms with E-state index in [1.54, 1.807) is 0 Å². The van der Waals surface area contributed by atoms with E-state index in [2.05, 4.69) is 109 Å². The van der Waals surface area contributed by atoms with Crippen LogP contribution < -0.4 is 4.74 Å². The van der Waals surface area contributed by atoms with E-state index in [-0.39, 0.29) is 0 Å². The Morgan fingerprint density at radius 1 is 0.842 bits per heavy atom. The highest BCUT2D eigenvalue weighted by Crippen LogP contribution is 2.31. The molecule has 1 N–H and O–H groups in total. The van der Waals surface area contributed by atoms with Gasteiger partial charge in [0.15, 0.2) is 0 Å². The molecule has 0 fully saturated rings. The largest absolute Gasteiger partial charge is 0.506 e. The highest BCUT2D eigenvalue weighted by Gasteiger charge is 2.07. The average molecular weight is 704 g/mol. The monoisotopic (exact) mass is 704 g/mol. The lowest BCUT2D eigenvalue weighted by Crippen LogP contribution is -1.97. The van der Waals surface area contributed by atoms with E-state index < -0.39 is 0 Å². The molecule has 2 aromatic carbocycles. The van der Waals surface area contributed by atoms with Crippen molar-refractivity contribution in [1.29, 1.82) is 0 Å². The van der Waals surface area contributed by atoms with Gasteiger partial charge in [-0.2, -0.15) is 0 Å². The Balaban J connectivity index is 2.14. The van der Waals surface area contributed by atoms with Crippen molar-refractivity contribution < 1.29 is 9.84 Å². The number of phenols is 1. The first-order chi connectivity index (χ1) is 8.95. The van der Waals surface area contributed by atoms with Gasteiger partial charge >= 0.3 is 0 Å². The Kier molecular flexibility index (Phi) is 6.27. The lowest BCUT2D eigenvalue weighted by Gasteiger charge is -2.09. The molecule has 0 saturated carbocycles. The molecule has 0 saturated heterocycles. The van der Waals surface area contributed by atoms with Crippen LogP contribution >= 0.6 is 90.4 Å². The third kappa shape index (κ3) is 4.73. The van der Waals surface area contributed by atoms with E-state index in [4.69, 9.17) is 4.74 Å². The maximum Gasteiger partial charge on any atom is 0.142 e. The highest BCUT2D eigenvalue weighted by molar-refractivity contribution is 14.1. The third-order valence-electron chi connectivity index (χ3n) is 2.32. The fourth-order valence-electron chi connectivity index (χ4n) is 1.49. The molecule has 2 nitrogen and oxygen atoms in total. The Morgan fingerprint density at radius 3 is 1.89 bits per heavy atom. The zero-order valence-electron chi connectivity index (χ0n) is 9.46. The molecule has 2 rings (SSSR count). The summed E-state index contributed by atoms with van der Waals surface area (Å²) >= 11 is 8.82. The second-order valence-corrected chi connectivity index (χ2v) is 8.62. The van der Waals surface area contributed by atoms with Crippen molar-refractivity contribution in [3.63, 3.8) is 0 Å². The van der Waals surface area contributed by atoms with E-state index in [1.165, 1.54) is 7.14 Å². The molecule has 6 heteroatoms. The van der Waals surface area contributed by atoms with Gasteiger partial charge < -0.3 is 9.84 Å². The molecule has 0 spiro atoms. The van der Waals surface area contributed by atoms with Gasteiger partial charge in [-0.05, 0) is 126 Å². The van der Waals surface area contributed by atoms with Gasteiger partial charge in [-0.1, -0.05) is 0 Å². The van der Waals surface area contributed by atoms with Crippen LogP contribution in [0.15, 0.2) is 30.3 Å². The van der Waals surface area contributed by atoms with Gasteiger partial charge in [0.25, 0.3) is 0 Å². The molecule has 0 aromatic heterocycles. The number of aromatic hydroxyl groups is 1. The number of benzene rings is 2. The number of rotatable bonds is 3. The zero-order chi connectivity index (χ0) is 14.0. The van der Waals surface area contributed by atoms with Crippen molar-refractivity contribution in [1.82, 2.24) is 0 Å². The lowest BCUT2D eigenvalue weighted by molar-refractivity contribution is 0.305. The maximum atomic E-state index is 9.72. The average Bonchev–Trinajstić information content (AvgIpc) is 2.32. The quantitative estimate of drug-likeness (QED) is 0.435. The molecule has 0 aliphatic rings. The van der Waals surface area contributed by atoms with Crippen LogP contribution in [0.5, 0.6) is 11.5 Å². The molecule has 0 aliphatic heterocycles. The van der Waals surface area contributed by atoms with E-state index in [0.29, 0.717) is 12.4 Å². The number of hydrogen-bond acceptors (Lipinski definition) is 2. The highest BCUT2D eigenvalue weighted by atomic mass is 127. The van der Waals surface area contributed by atoms with E-state index in [0.717, 1.165) is 18.5 Å². The summed E-state index contributed by atoms with van der Waals surface area (Å²) in [6.45, 7) is 0.532. The minimum Gasteiger partial charge on any atom is -0.506 e. The Labute approximate surface area is 166 Å². The lowest BCUT2D eigenvalue weighted by atomic mass is 10.2. The number of halogens is 4. The van der Waals surface area contributed by atoms with Crippen molar-refractivity contribution in [2.45, 2.75) is 6.61 Å². The van der Waals surface area contributed by atoms with Crippen molar-refractivity contribution in [2.75, 3.05) is 0 Å². The van der Waals surface area contributed by atoms with Gasteiger partial charge in [0.1, 0.15) is 18.1 Å². The third-order valence-corrected chi connectivity index (χ3v) is 5.21. The number of hydrogen-bond donors (Lipinski definition) is 1. The van der Waals surface area contributed by atoms with Crippen molar-refractivity contribution in [2.24, 2.45) is 0 Å². The van der Waals surface area contributed by atoms with Crippen molar-refractivity contribution in [3.05, 3.63) is 50.2 Å². The van der Waals surface area contributed by atoms with Gasteiger partial charge in [0.05, 0.1) is 7.14 Å². The summed E-state index contributed by atoms with van der Waals surface area (Å²) < 4.78 is 9.81. The first-order valence-corrected chi connectivity index (χ1v) is 9.53. The predicted octanol–water partition coefficient (Wildman–Crippen LogP) is 5.39. The van der Waals surface area contributed by atoms with Gasteiger partial charge in [-0.25, -0.2) is 0 Å². The first kappa shape index (κ1) is 16.3. The summed E-state index contributed by atoms with van der Waals surface area (Å²) in [5, 5.41) is 9.72. The molecule has 0 aliphatic carbocycles. The topological polar surface area (TPSA) is 29.5 Å². The fraction of sp³-hybridized carbons (Fsp3) is 0.0769. The smallest absolute Gasteiger partial charge is 0.142 e. The summed E-state index contributed by atoms with van der Waals surface area (Å²) in [7, 11) is 0. The van der Waals surface area contributed by atoms with Crippen molar-refractivity contribution >= 4 is 90.4 Å². The van der Waals surface area contributed by atoms with Crippen LogP contribution in [-0.4, -0.2) is 5.11 Å². The molecule has 0 amide bonds. The van der Waals surface area contributed by atoms with Crippen molar-refractivity contribution in [3.8, 4) is 11.5 Å².